The molecule has 126 valence electrons. The van der Waals surface area contributed by atoms with Crippen LogP contribution in [0.5, 0.6) is 0 Å². The number of morpholine rings is 1. The van der Waals surface area contributed by atoms with E-state index < -0.39 is 5.82 Å². The highest BCUT2D eigenvalue weighted by Gasteiger charge is 2.35. The minimum absolute atomic E-state index is 0. The van der Waals surface area contributed by atoms with E-state index in [9.17, 15) is 4.39 Å². The highest BCUT2D eigenvalue weighted by molar-refractivity contribution is 6.31. The number of hydrogen-bond donors (Lipinski definition) is 1. The molecule has 0 spiro atoms. The molecule has 6 nitrogen and oxygen atoms in total. The maximum atomic E-state index is 13.4. The second-order valence-electron chi connectivity index (χ2n) is 5.35. The molecule has 0 aliphatic carbocycles. The van der Waals surface area contributed by atoms with Gasteiger partial charge in [-0.3, -0.25) is 4.90 Å². The maximum Gasteiger partial charge on any atom is 0.208 e. The summed E-state index contributed by atoms with van der Waals surface area (Å²) in [5.74, 6) is -0.104. The van der Waals surface area contributed by atoms with Gasteiger partial charge in [0.2, 0.25) is 5.82 Å². The molecular formula is C14H19Cl2FN5O+. The van der Waals surface area contributed by atoms with Crippen LogP contribution in [0.15, 0.2) is 40.6 Å². The van der Waals surface area contributed by atoms with Crippen molar-refractivity contribution in [2.24, 2.45) is 16.1 Å². The molecular weight excluding hydrogens is 344 g/mol. The summed E-state index contributed by atoms with van der Waals surface area (Å²) in [6.07, 6.45) is 1.75. The van der Waals surface area contributed by atoms with Crippen molar-refractivity contribution in [2.45, 2.75) is 0 Å². The Balaban J connectivity index is 0.00000192. The van der Waals surface area contributed by atoms with Crippen molar-refractivity contribution in [3.8, 4) is 0 Å². The fraction of sp³-hybridized carbons (Fsp3) is 0.429. The second kappa shape index (κ2) is 7.55. The van der Waals surface area contributed by atoms with Gasteiger partial charge in [-0.05, 0) is 6.07 Å². The zero-order valence-electron chi connectivity index (χ0n) is 12.5. The molecule has 0 aromatic heterocycles. The van der Waals surface area contributed by atoms with E-state index in [-0.39, 0.29) is 22.0 Å². The lowest BCUT2D eigenvalue weighted by Crippen LogP contribution is -2.46. The number of benzene rings is 1. The lowest BCUT2D eigenvalue weighted by atomic mass is 10.2. The summed E-state index contributed by atoms with van der Waals surface area (Å²) < 4.78 is 18.9. The minimum Gasteiger partial charge on any atom is -0.379 e. The lowest BCUT2D eigenvalue weighted by molar-refractivity contribution is 0.0354. The molecule has 0 amide bonds. The number of halogens is 3. The standard InChI is InChI=1S/C14H18ClFN5O.ClH/c15-12-9-11(1-2-13(12)16)21(10-14(17)18-19-21)6-3-20-4-7-22-8-5-20;/h1-2,9-10H,3-8,17H2;1H/q+1;. The molecule has 1 aromatic rings. The van der Waals surface area contributed by atoms with E-state index in [1.807, 2.05) is 0 Å². The average molecular weight is 363 g/mol. The van der Waals surface area contributed by atoms with Crippen molar-refractivity contribution >= 4 is 29.7 Å². The van der Waals surface area contributed by atoms with E-state index in [4.69, 9.17) is 22.1 Å². The molecule has 1 aromatic carbocycles. The van der Waals surface area contributed by atoms with Crippen LogP contribution in [0.3, 0.4) is 0 Å². The molecule has 0 radical (unpaired) electrons. The van der Waals surface area contributed by atoms with E-state index in [0.29, 0.717) is 12.4 Å². The zero-order valence-corrected chi connectivity index (χ0v) is 14.1. The van der Waals surface area contributed by atoms with Gasteiger partial charge in [0.15, 0.2) is 11.9 Å². The SMILES string of the molecule is Cl.NC1=C[N+](CCN2CCOCC2)(c2ccc(F)c(Cl)c2)N=N1. The first-order valence-electron chi connectivity index (χ1n) is 7.14. The molecule has 1 fully saturated rings. The van der Waals surface area contributed by atoms with E-state index in [1.165, 1.54) is 6.07 Å². The minimum atomic E-state index is -0.454. The molecule has 23 heavy (non-hydrogen) atoms. The van der Waals surface area contributed by atoms with Crippen LogP contribution in [0, 0.1) is 5.82 Å². The first-order chi connectivity index (χ1) is 10.6. The van der Waals surface area contributed by atoms with Crippen LogP contribution < -0.4 is 10.3 Å². The Morgan fingerprint density at radius 3 is 2.70 bits per heavy atom. The first kappa shape index (κ1) is 18.1. The van der Waals surface area contributed by atoms with Gasteiger partial charge in [-0.1, -0.05) is 16.7 Å². The maximum absolute atomic E-state index is 13.4. The van der Waals surface area contributed by atoms with Crippen LogP contribution >= 0.6 is 24.0 Å². The number of nitrogens with zero attached hydrogens (tertiary/aromatic N) is 4. The van der Waals surface area contributed by atoms with E-state index in [2.05, 4.69) is 15.2 Å². The fourth-order valence-electron chi connectivity index (χ4n) is 2.61. The van der Waals surface area contributed by atoms with Crippen LogP contribution in [-0.4, -0.2) is 44.3 Å². The van der Waals surface area contributed by atoms with E-state index in [0.717, 1.165) is 38.5 Å². The van der Waals surface area contributed by atoms with Crippen LogP contribution in [0.1, 0.15) is 0 Å². The summed E-state index contributed by atoms with van der Waals surface area (Å²) in [4.78, 5) is 2.30. The summed E-state index contributed by atoms with van der Waals surface area (Å²) in [6.45, 7) is 4.71. The summed E-state index contributed by atoms with van der Waals surface area (Å²) in [7, 11) is 0. The molecule has 1 atom stereocenters. The molecule has 1 unspecified atom stereocenters. The van der Waals surface area contributed by atoms with Crippen LogP contribution in [0.4, 0.5) is 10.1 Å². The van der Waals surface area contributed by atoms with Crippen molar-refractivity contribution in [3.05, 3.63) is 41.1 Å². The van der Waals surface area contributed by atoms with Crippen LogP contribution in [0.2, 0.25) is 5.02 Å². The largest absolute Gasteiger partial charge is 0.379 e. The van der Waals surface area contributed by atoms with Crippen LogP contribution in [-0.2, 0) is 4.74 Å². The third-order valence-corrected chi connectivity index (χ3v) is 4.17. The molecule has 2 aliphatic heterocycles. The number of ether oxygens (including phenoxy) is 1. The molecule has 9 heteroatoms. The van der Waals surface area contributed by atoms with Crippen molar-refractivity contribution < 1.29 is 9.13 Å². The fourth-order valence-corrected chi connectivity index (χ4v) is 2.79. The smallest absolute Gasteiger partial charge is 0.208 e. The second-order valence-corrected chi connectivity index (χ2v) is 5.75. The van der Waals surface area contributed by atoms with E-state index in [1.54, 1.807) is 18.3 Å². The van der Waals surface area contributed by atoms with Gasteiger partial charge in [0.1, 0.15) is 12.4 Å². The number of hydrogen-bond acceptors (Lipinski definition) is 5. The molecule has 2 N–H and O–H groups in total. The molecule has 0 bridgehead atoms. The molecule has 1 saturated heterocycles. The Morgan fingerprint density at radius 2 is 2.09 bits per heavy atom. The predicted molar refractivity (Wildman–Crippen MR) is 89.7 cm³/mol. The van der Waals surface area contributed by atoms with Gasteiger partial charge in [-0.25, -0.2) is 4.39 Å². The Morgan fingerprint density at radius 1 is 1.35 bits per heavy atom. The van der Waals surface area contributed by atoms with Gasteiger partial charge < -0.3 is 10.5 Å². The van der Waals surface area contributed by atoms with Gasteiger partial charge in [-0.2, -0.15) is 0 Å². The molecule has 0 saturated carbocycles. The Kier molecular flexibility index (Phi) is 5.94. The van der Waals surface area contributed by atoms with Gasteiger partial charge in [0.05, 0.1) is 24.8 Å². The van der Waals surface area contributed by atoms with E-state index >= 15 is 0 Å². The molecule has 2 heterocycles. The van der Waals surface area contributed by atoms with Crippen molar-refractivity contribution in [1.29, 1.82) is 0 Å². The third-order valence-electron chi connectivity index (χ3n) is 3.88. The van der Waals surface area contributed by atoms with Crippen LogP contribution in [0.25, 0.3) is 0 Å². The highest BCUT2D eigenvalue weighted by Crippen LogP contribution is 2.32. The lowest BCUT2D eigenvalue weighted by Gasteiger charge is -2.30. The zero-order chi connectivity index (χ0) is 15.6. The Bertz CT molecular complexity index is 621. The molecule has 3 rings (SSSR count). The average Bonchev–Trinajstić information content (AvgIpc) is 2.92. The quantitative estimate of drug-likeness (QED) is 0.837. The van der Waals surface area contributed by atoms with Crippen molar-refractivity contribution in [2.75, 3.05) is 39.4 Å². The van der Waals surface area contributed by atoms with Gasteiger partial charge in [0.25, 0.3) is 0 Å². The summed E-state index contributed by atoms with van der Waals surface area (Å²) >= 11 is 5.90. The first-order valence-corrected chi connectivity index (χ1v) is 7.52. The number of quaternary nitrogens is 1. The highest BCUT2D eigenvalue weighted by atomic mass is 35.5. The van der Waals surface area contributed by atoms with Gasteiger partial charge in [0, 0.05) is 30.4 Å². The van der Waals surface area contributed by atoms with Crippen molar-refractivity contribution in [3.63, 3.8) is 0 Å². The topological polar surface area (TPSA) is 63.2 Å². The predicted octanol–water partition coefficient (Wildman–Crippen LogP) is 2.68. The number of nitrogens with two attached hydrogens (primary N) is 1. The number of rotatable bonds is 4. The summed E-state index contributed by atoms with van der Waals surface area (Å²) in [5.41, 5.74) is 6.51. The van der Waals surface area contributed by atoms with Gasteiger partial charge >= 0.3 is 0 Å². The Labute approximate surface area is 145 Å². The monoisotopic (exact) mass is 362 g/mol. The summed E-state index contributed by atoms with van der Waals surface area (Å²) in [5, 5.41) is 8.28. The summed E-state index contributed by atoms with van der Waals surface area (Å²) in [6, 6.07) is 4.57. The molecule has 2 aliphatic rings. The Hall–Kier alpha value is -1.25. The normalized spacial score (nSPS) is 24.3. The third kappa shape index (κ3) is 3.99. The van der Waals surface area contributed by atoms with Crippen molar-refractivity contribution in [1.82, 2.24) is 9.49 Å². The van der Waals surface area contributed by atoms with Gasteiger partial charge in [-0.15, -0.1) is 17.0 Å².